The Balaban J connectivity index is 2.78. The van der Waals surface area contributed by atoms with Crippen molar-refractivity contribution in [2.45, 2.75) is 27.3 Å². The molecule has 0 bridgehead atoms. The average Bonchev–Trinajstić information content (AvgIpc) is 2.51. The molecule has 0 saturated heterocycles. The summed E-state index contributed by atoms with van der Waals surface area (Å²) in [5.41, 5.74) is 0.987. The SMILES string of the molecule is CCN(CC)C(=O)Cn1c(C)c[nH]c1=S. The van der Waals surface area contributed by atoms with Gasteiger partial charge in [0.05, 0.1) is 0 Å². The highest BCUT2D eigenvalue weighted by Gasteiger charge is 2.11. The van der Waals surface area contributed by atoms with Crippen LogP contribution < -0.4 is 0 Å². The number of aromatic nitrogens is 2. The zero-order chi connectivity index (χ0) is 11.4. The Kier molecular flexibility index (Phi) is 4.08. The molecule has 1 aromatic rings. The van der Waals surface area contributed by atoms with Gasteiger partial charge in [-0.3, -0.25) is 4.79 Å². The van der Waals surface area contributed by atoms with Crippen LogP contribution in [0.25, 0.3) is 0 Å². The van der Waals surface area contributed by atoms with Crippen molar-refractivity contribution in [3.8, 4) is 0 Å². The summed E-state index contributed by atoms with van der Waals surface area (Å²) in [6.07, 6.45) is 1.82. The molecular weight excluding hydrogens is 210 g/mol. The number of nitrogens with zero attached hydrogens (tertiary/aromatic N) is 2. The highest BCUT2D eigenvalue weighted by Crippen LogP contribution is 2.01. The Morgan fingerprint density at radius 1 is 1.53 bits per heavy atom. The van der Waals surface area contributed by atoms with E-state index in [1.165, 1.54) is 0 Å². The average molecular weight is 227 g/mol. The lowest BCUT2D eigenvalue weighted by Crippen LogP contribution is -2.33. The van der Waals surface area contributed by atoms with Gasteiger partial charge in [0.25, 0.3) is 0 Å². The summed E-state index contributed by atoms with van der Waals surface area (Å²) in [7, 11) is 0. The van der Waals surface area contributed by atoms with Gasteiger partial charge in [0, 0.05) is 25.0 Å². The summed E-state index contributed by atoms with van der Waals surface area (Å²) in [6, 6.07) is 0. The van der Waals surface area contributed by atoms with Crippen LogP contribution in [0.4, 0.5) is 0 Å². The third-order valence-electron chi connectivity index (χ3n) is 2.48. The first-order chi connectivity index (χ1) is 7.10. The predicted octanol–water partition coefficient (Wildman–Crippen LogP) is 1.72. The molecule has 0 aliphatic rings. The lowest BCUT2D eigenvalue weighted by atomic mass is 10.4. The number of carbonyl (C=O) groups excluding carboxylic acids is 1. The van der Waals surface area contributed by atoms with Crippen molar-refractivity contribution in [3.63, 3.8) is 0 Å². The molecule has 0 radical (unpaired) electrons. The Labute approximate surface area is 94.9 Å². The Hall–Kier alpha value is -1.10. The van der Waals surface area contributed by atoms with Crippen molar-refractivity contribution in [2.75, 3.05) is 13.1 Å². The number of carbonyl (C=O) groups is 1. The molecule has 84 valence electrons. The van der Waals surface area contributed by atoms with E-state index in [-0.39, 0.29) is 5.91 Å². The third kappa shape index (κ3) is 2.68. The standard InChI is InChI=1S/C10H17N3OS/c1-4-12(5-2)9(14)7-13-8(3)6-11-10(13)15/h6H,4-5,7H2,1-3H3,(H,11,15). The van der Waals surface area contributed by atoms with Crippen molar-refractivity contribution in [2.24, 2.45) is 0 Å². The van der Waals surface area contributed by atoms with Crippen molar-refractivity contribution in [3.05, 3.63) is 16.7 Å². The summed E-state index contributed by atoms with van der Waals surface area (Å²) in [4.78, 5) is 16.5. The molecule has 4 nitrogen and oxygen atoms in total. The van der Waals surface area contributed by atoms with Gasteiger partial charge in [0.15, 0.2) is 4.77 Å². The number of aryl methyl sites for hydroxylation is 1. The van der Waals surface area contributed by atoms with Crippen molar-refractivity contribution in [1.82, 2.24) is 14.5 Å². The van der Waals surface area contributed by atoms with Crippen molar-refractivity contribution >= 4 is 18.1 Å². The van der Waals surface area contributed by atoms with Gasteiger partial charge in [-0.25, -0.2) is 0 Å². The molecule has 0 aliphatic heterocycles. The minimum atomic E-state index is 0.110. The van der Waals surface area contributed by atoms with E-state index in [9.17, 15) is 4.79 Å². The largest absolute Gasteiger partial charge is 0.342 e. The van der Waals surface area contributed by atoms with E-state index < -0.39 is 0 Å². The van der Waals surface area contributed by atoms with Crippen LogP contribution in [0.15, 0.2) is 6.20 Å². The smallest absolute Gasteiger partial charge is 0.242 e. The number of likely N-dealkylation sites (N-methyl/N-ethyl adjacent to an activating group) is 1. The topological polar surface area (TPSA) is 41.0 Å². The normalized spacial score (nSPS) is 10.3. The minimum Gasteiger partial charge on any atom is -0.342 e. The number of nitrogens with one attached hydrogen (secondary N) is 1. The molecule has 0 saturated carbocycles. The molecule has 0 spiro atoms. The summed E-state index contributed by atoms with van der Waals surface area (Å²) in [5, 5.41) is 0. The Morgan fingerprint density at radius 2 is 2.13 bits per heavy atom. The fourth-order valence-electron chi connectivity index (χ4n) is 1.49. The van der Waals surface area contributed by atoms with E-state index in [1.807, 2.05) is 31.5 Å². The molecule has 5 heteroatoms. The number of aromatic amines is 1. The molecule has 1 heterocycles. The second kappa shape index (κ2) is 5.11. The molecular formula is C10H17N3OS. The van der Waals surface area contributed by atoms with E-state index in [0.717, 1.165) is 18.8 Å². The molecule has 0 aromatic carbocycles. The first-order valence-electron chi connectivity index (χ1n) is 5.12. The number of imidazole rings is 1. The molecule has 1 N–H and O–H groups in total. The van der Waals surface area contributed by atoms with Crippen LogP contribution in [-0.2, 0) is 11.3 Å². The summed E-state index contributed by atoms with van der Waals surface area (Å²) >= 11 is 5.09. The maximum atomic E-state index is 11.8. The highest BCUT2D eigenvalue weighted by molar-refractivity contribution is 7.71. The van der Waals surface area contributed by atoms with Gasteiger partial charge in [-0.1, -0.05) is 0 Å². The quantitative estimate of drug-likeness (QED) is 0.796. The van der Waals surface area contributed by atoms with Crippen molar-refractivity contribution in [1.29, 1.82) is 0 Å². The van der Waals surface area contributed by atoms with Gasteiger partial charge in [-0.2, -0.15) is 0 Å². The fraction of sp³-hybridized carbons (Fsp3) is 0.600. The van der Waals surface area contributed by atoms with E-state index in [4.69, 9.17) is 12.2 Å². The second-order valence-corrected chi connectivity index (χ2v) is 3.77. The van der Waals surface area contributed by atoms with Gasteiger partial charge in [-0.15, -0.1) is 0 Å². The van der Waals surface area contributed by atoms with Crippen LogP contribution in [0.2, 0.25) is 0 Å². The predicted molar refractivity (Wildman–Crippen MR) is 62.3 cm³/mol. The van der Waals surface area contributed by atoms with Gasteiger partial charge >= 0.3 is 0 Å². The molecule has 0 unspecified atom stereocenters. The molecule has 0 aliphatic carbocycles. The first-order valence-corrected chi connectivity index (χ1v) is 5.53. The number of H-pyrrole nitrogens is 1. The number of hydrogen-bond acceptors (Lipinski definition) is 2. The van der Waals surface area contributed by atoms with Crippen molar-refractivity contribution < 1.29 is 4.79 Å². The van der Waals surface area contributed by atoms with Crippen LogP contribution in [0.1, 0.15) is 19.5 Å². The van der Waals surface area contributed by atoms with Crippen LogP contribution in [0.5, 0.6) is 0 Å². The van der Waals surface area contributed by atoms with Gasteiger partial charge in [0.1, 0.15) is 6.54 Å². The summed E-state index contributed by atoms with van der Waals surface area (Å²) in [5.74, 6) is 0.110. The maximum absolute atomic E-state index is 11.8. The zero-order valence-electron chi connectivity index (χ0n) is 9.41. The lowest BCUT2D eigenvalue weighted by Gasteiger charge is -2.19. The monoisotopic (exact) mass is 227 g/mol. The third-order valence-corrected chi connectivity index (χ3v) is 2.82. The van der Waals surface area contributed by atoms with E-state index in [0.29, 0.717) is 11.3 Å². The molecule has 0 atom stereocenters. The van der Waals surface area contributed by atoms with Gasteiger partial charge in [-0.05, 0) is 33.0 Å². The fourth-order valence-corrected chi connectivity index (χ4v) is 1.76. The van der Waals surface area contributed by atoms with Crippen LogP contribution in [0, 0.1) is 11.7 Å². The maximum Gasteiger partial charge on any atom is 0.242 e. The van der Waals surface area contributed by atoms with E-state index >= 15 is 0 Å². The lowest BCUT2D eigenvalue weighted by molar-refractivity contribution is -0.131. The number of hydrogen-bond donors (Lipinski definition) is 1. The molecule has 1 rings (SSSR count). The minimum absolute atomic E-state index is 0.110. The van der Waals surface area contributed by atoms with E-state index in [2.05, 4.69) is 4.98 Å². The molecule has 15 heavy (non-hydrogen) atoms. The zero-order valence-corrected chi connectivity index (χ0v) is 10.2. The highest BCUT2D eigenvalue weighted by atomic mass is 32.1. The molecule has 1 amide bonds. The summed E-state index contributed by atoms with van der Waals surface area (Å²) in [6.45, 7) is 7.70. The number of rotatable bonds is 4. The van der Waals surface area contributed by atoms with Crippen LogP contribution in [-0.4, -0.2) is 33.4 Å². The molecule has 0 fully saturated rings. The van der Waals surface area contributed by atoms with Gasteiger partial charge < -0.3 is 14.5 Å². The van der Waals surface area contributed by atoms with Crippen LogP contribution >= 0.6 is 12.2 Å². The van der Waals surface area contributed by atoms with E-state index in [1.54, 1.807) is 4.90 Å². The second-order valence-electron chi connectivity index (χ2n) is 3.39. The first kappa shape index (κ1) is 12.0. The van der Waals surface area contributed by atoms with Crippen LogP contribution in [0.3, 0.4) is 0 Å². The summed E-state index contributed by atoms with van der Waals surface area (Å²) < 4.78 is 2.42. The Morgan fingerprint density at radius 3 is 2.53 bits per heavy atom. The molecule has 1 aromatic heterocycles. The Bertz CT molecular complexity index is 390. The number of amides is 1. The van der Waals surface area contributed by atoms with Gasteiger partial charge in [0.2, 0.25) is 5.91 Å².